The Hall–Kier alpha value is -3.83. The molecule has 4 aromatic rings. The van der Waals surface area contributed by atoms with E-state index in [2.05, 4.69) is 20.2 Å². The van der Waals surface area contributed by atoms with Gasteiger partial charge >= 0.3 is 11.6 Å². The molecule has 2 aliphatic rings. The maximum Gasteiger partial charge on any atom is 0.349 e. The van der Waals surface area contributed by atoms with Crippen molar-refractivity contribution in [2.75, 3.05) is 38.2 Å². The van der Waals surface area contributed by atoms with E-state index in [1.54, 1.807) is 13.0 Å². The number of fused-ring (bicyclic) bond motifs is 3. The first-order valence-corrected chi connectivity index (χ1v) is 13.4. The SMILES string of the molecule is Cc1c(-c2cc(O)cc3cccc(F)c23)oc(=O)c2c(NCCCO)nc(OC[C@@]34CCCN3C[C@H](F)C4)nc12. The van der Waals surface area contributed by atoms with E-state index in [1.165, 1.54) is 24.3 Å². The van der Waals surface area contributed by atoms with Gasteiger partial charge in [-0.2, -0.15) is 9.97 Å². The average Bonchev–Trinajstić information content (AvgIpc) is 3.44. The highest BCUT2D eigenvalue weighted by Crippen LogP contribution is 2.41. The lowest BCUT2D eigenvalue weighted by Crippen LogP contribution is -2.43. The zero-order valence-electron chi connectivity index (χ0n) is 22.0. The van der Waals surface area contributed by atoms with Crippen LogP contribution >= 0.6 is 0 Å². The molecule has 3 N–H and O–H groups in total. The maximum absolute atomic E-state index is 15.0. The summed E-state index contributed by atoms with van der Waals surface area (Å²) in [5, 5.41) is 23.4. The number of phenols is 1. The van der Waals surface area contributed by atoms with Crippen LogP contribution in [0.2, 0.25) is 0 Å². The fraction of sp³-hybridized carbons (Fsp3) is 0.414. The number of alkyl halides is 1. The number of aliphatic hydroxyl groups is 1. The molecule has 0 aliphatic carbocycles. The quantitative estimate of drug-likeness (QED) is 0.275. The molecule has 2 aromatic heterocycles. The summed E-state index contributed by atoms with van der Waals surface area (Å²) >= 11 is 0. The third-order valence-corrected chi connectivity index (χ3v) is 8.00. The molecule has 0 unspecified atom stereocenters. The van der Waals surface area contributed by atoms with Crippen LogP contribution in [0.1, 0.15) is 31.2 Å². The highest BCUT2D eigenvalue weighted by atomic mass is 19.1. The smallest absolute Gasteiger partial charge is 0.349 e. The van der Waals surface area contributed by atoms with Crippen LogP contribution in [0.3, 0.4) is 0 Å². The second-order valence-corrected chi connectivity index (χ2v) is 10.6. The van der Waals surface area contributed by atoms with E-state index in [9.17, 15) is 23.8 Å². The number of rotatable bonds is 8. The minimum Gasteiger partial charge on any atom is -0.508 e. The molecule has 0 bridgehead atoms. The molecule has 0 spiro atoms. The number of aryl methyl sites for hydroxylation is 1. The Morgan fingerprint density at radius 2 is 2.12 bits per heavy atom. The van der Waals surface area contributed by atoms with Gasteiger partial charge in [-0.05, 0) is 56.3 Å². The number of aromatic hydroxyl groups is 1. The lowest BCUT2D eigenvalue weighted by atomic mass is 9.95. The minimum atomic E-state index is -0.913. The third kappa shape index (κ3) is 4.52. The number of ether oxygens (including phenoxy) is 1. The van der Waals surface area contributed by atoms with E-state index >= 15 is 0 Å². The van der Waals surface area contributed by atoms with Crippen molar-refractivity contribution in [3.8, 4) is 23.1 Å². The van der Waals surface area contributed by atoms with Crippen molar-refractivity contribution in [3.63, 3.8) is 0 Å². The molecule has 11 heteroatoms. The summed E-state index contributed by atoms with van der Waals surface area (Å²) in [6.07, 6.45) is 1.65. The summed E-state index contributed by atoms with van der Waals surface area (Å²) in [6.45, 7) is 3.35. The van der Waals surface area contributed by atoms with Gasteiger partial charge in [0.1, 0.15) is 41.3 Å². The number of hydrogen-bond acceptors (Lipinski definition) is 9. The summed E-state index contributed by atoms with van der Waals surface area (Å²) in [4.78, 5) is 24.5. The van der Waals surface area contributed by atoms with E-state index in [0.717, 1.165) is 19.4 Å². The number of nitrogens with zero attached hydrogens (tertiary/aromatic N) is 3. The monoisotopic (exact) mass is 552 g/mol. The van der Waals surface area contributed by atoms with Crippen LogP contribution in [-0.2, 0) is 0 Å². The van der Waals surface area contributed by atoms with Gasteiger partial charge in [0.2, 0.25) is 0 Å². The summed E-state index contributed by atoms with van der Waals surface area (Å²) in [5.41, 5.74) is -0.298. The molecule has 2 atom stereocenters. The van der Waals surface area contributed by atoms with Crippen LogP contribution in [-0.4, -0.2) is 69.6 Å². The average molecular weight is 553 g/mol. The first-order valence-electron chi connectivity index (χ1n) is 13.4. The van der Waals surface area contributed by atoms with E-state index in [-0.39, 0.29) is 58.4 Å². The van der Waals surface area contributed by atoms with E-state index < -0.39 is 23.2 Å². The van der Waals surface area contributed by atoms with Crippen LogP contribution in [0.25, 0.3) is 33.0 Å². The van der Waals surface area contributed by atoms with E-state index in [1.807, 2.05) is 0 Å². The predicted octanol–water partition coefficient (Wildman–Crippen LogP) is 4.31. The van der Waals surface area contributed by atoms with Crippen LogP contribution in [0.5, 0.6) is 11.8 Å². The van der Waals surface area contributed by atoms with Gasteiger partial charge in [0, 0.05) is 42.6 Å². The number of nitrogens with one attached hydrogen (secondary N) is 1. The van der Waals surface area contributed by atoms with Crippen LogP contribution in [0.4, 0.5) is 14.6 Å². The minimum absolute atomic E-state index is 0.00845. The molecule has 2 fully saturated rings. The Morgan fingerprint density at radius 3 is 2.95 bits per heavy atom. The second-order valence-electron chi connectivity index (χ2n) is 10.6. The molecule has 6 rings (SSSR count). The fourth-order valence-electron chi connectivity index (χ4n) is 6.16. The highest BCUT2D eigenvalue weighted by molar-refractivity contribution is 6.00. The molecule has 0 amide bonds. The molecule has 4 heterocycles. The summed E-state index contributed by atoms with van der Waals surface area (Å²) < 4.78 is 41.1. The number of benzene rings is 2. The number of hydrogen-bond donors (Lipinski definition) is 3. The van der Waals surface area contributed by atoms with Gasteiger partial charge in [-0.25, -0.2) is 13.6 Å². The Kier molecular flexibility index (Phi) is 6.79. The van der Waals surface area contributed by atoms with Gasteiger partial charge in [0.05, 0.1) is 11.1 Å². The number of aromatic nitrogens is 2. The molecule has 210 valence electrons. The topological polar surface area (TPSA) is 121 Å². The van der Waals surface area contributed by atoms with Gasteiger partial charge in [-0.1, -0.05) is 12.1 Å². The molecular weight excluding hydrogens is 522 g/mol. The van der Waals surface area contributed by atoms with Gasteiger partial charge in [0.15, 0.2) is 0 Å². The summed E-state index contributed by atoms with van der Waals surface area (Å²) in [7, 11) is 0. The van der Waals surface area contributed by atoms with Crippen molar-refractivity contribution < 1.29 is 28.1 Å². The van der Waals surface area contributed by atoms with Crippen molar-refractivity contribution in [2.45, 2.75) is 44.3 Å². The van der Waals surface area contributed by atoms with Crippen LogP contribution in [0, 0.1) is 12.7 Å². The highest BCUT2D eigenvalue weighted by Gasteiger charge is 2.49. The first-order chi connectivity index (χ1) is 19.3. The Morgan fingerprint density at radius 1 is 1.27 bits per heavy atom. The standard InChI is InChI=1S/C29H30F2N4O5/c1-16-24-23(27(38)40-25(16)20-12-19(37)11-17-5-2-6-21(31)22(17)20)26(32-8-4-10-36)34-28(33-24)39-15-29-7-3-9-35(29)14-18(30)13-29/h2,5-6,11-12,18,36-37H,3-4,7-10,13-15H2,1H3,(H,32,33,34)/t18-,29+/m1/s1. The Balaban J connectivity index is 1.48. The van der Waals surface area contributed by atoms with Gasteiger partial charge < -0.3 is 24.7 Å². The normalized spacial score (nSPS) is 20.9. The van der Waals surface area contributed by atoms with E-state index in [4.69, 9.17) is 9.15 Å². The lowest BCUT2D eigenvalue weighted by molar-refractivity contribution is 0.107. The van der Waals surface area contributed by atoms with Gasteiger partial charge in [0.25, 0.3) is 0 Å². The summed E-state index contributed by atoms with van der Waals surface area (Å²) in [5.74, 6) is -0.405. The van der Waals surface area contributed by atoms with Crippen molar-refractivity contribution in [3.05, 3.63) is 52.1 Å². The Labute approximate surface area is 228 Å². The largest absolute Gasteiger partial charge is 0.508 e. The number of anilines is 1. The van der Waals surface area contributed by atoms with Gasteiger partial charge in [-0.3, -0.25) is 4.90 Å². The zero-order chi connectivity index (χ0) is 28.0. The molecule has 2 aromatic carbocycles. The maximum atomic E-state index is 15.0. The van der Waals surface area contributed by atoms with Crippen molar-refractivity contribution in [1.82, 2.24) is 14.9 Å². The Bertz CT molecular complexity index is 1660. The fourth-order valence-corrected chi connectivity index (χ4v) is 6.16. The lowest BCUT2D eigenvalue weighted by Gasteiger charge is -2.30. The predicted molar refractivity (Wildman–Crippen MR) is 146 cm³/mol. The first kappa shape index (κ1) is 26.4. The zero-order valence-corrected chi connectivity index (χ0v) is 22.0. The van der Waals surface area contributed by atoms with Crippen LogP contribution < -0.4 is 15.7 Å². The van der Waals surface area contributed by atoms with Crippen molar-refractivity contribution in [1.29, 1.82) is 0 Å². The number of aliphatic hydroxyl groups excluding tert-OH is 1. The van der Waals surface area contributed by atoms with Crippen molar-refractivity contribution >= 4 is 27.5 Å². The third-order valence-electron chi connectivity index (χ3n) is 8.00. The van der Waals surface area contributed by atoms with E-state index in [0.29, 0.717) is 36.9 Å². The van der Waals surface area contributed by atoms with Crippen LogP contribution in [0.15, 0.2) is 39.5 Å². The number of halogens is 2. The number of phenolic OH excluding ortho intramolecular Hbond substituents is 1. The molecule has 0 radical (unpaired) electrons. The molecule has 40 heavy (non-hydrogen) atoms. The second kappa shape index (κ2) is 10.3. The van der Waals surface area contributed by atoms with Gasteiger partial charge in [-0.15, -0.1) is 0 Å². The molecule has 9 nitrogen and oxygen atoms in total. The molecular formula is C29H30F2N4O5. The van der Waals surface area contributed by atoms with Crippen molar-refractivity contribution in [2.24, 2.45) is 0 Å². The summed E-state index contributed by atoms with van der Waals surface area (Å²) in [6, 6.07) is 7.28. The molecule has 2 saturated heterocycles. The molecule has 2 aliphatic heterocycles. The molecule has 0 saturated carbocycles.